The lowest BCUT2D eigenvalue weighted by Crippen LogP contribution is -2.40. The van der Waals surface area contributed by atoms with E-state index in [1.165, 1.54) is 7.05 Å². The molecule has 0 unspecified atom stereocenters. The van der Waals surface area contributed by atoms with Gasteiger partial charge in [-0.25, -0.2) is 0 Å². The van der Waals surface area contributed by atoms with Crippen LogP contribution in [0.5, 0.6) is 0 Å². The van der Waals surface area contributed by atoms with Gasteiger partial charge in [0.15, 0.2) is 0 Å². The van der Waals surface area contributed by atoms with Crippen molar-refractivity contribution in [2.45, 2.75) is 19.4 Å². The highest BCUT2D eigenvalue weighted by molar-refractivity contribution is 9.10. The number of aliphatic carboxylic acids is 1. The first-order chi connectivity index (χ1) is 9.22. The number of rotatable bonds is 7. The molecular weight excluding hydrogens is 348 g/mol. The molecule has 1 aromatic carbocycles. The van der Waals surface area contributed by atoms with Gasteiger partial charge in [-0.1, -0.05) is 28.1 Å². The first-order valence-electron chi connectivity index (χ1n) is 5.93. The van der Waals surface area contributed by atoms with Crippen LogP contribution in [0.3, 0.4) is 0 Å². The molecule has 1 atom stereocenters. The topological polar surface area (TPSA) is 86.7 Å². The van der Waals surface area contributed by atoms with Crippen molar-refractivity contribution in [1.82, 2.24) is 9.03 Å². The first-order valence-corrected chi connectivity index (χ1v) is 8.16. The molecule has 0 saturated carbocycles. The number of halogens is 1. The number of carboxylic acids is 1. The molecule has 1 rings (SSSR count). The van der Waals surface area contributed by atoms with Gasteiger partial charge in [0.1, 0.15) is 0 Å². The Bertz CT molecular complexity index is 559. The number of benzene rings is 1. The van der Waals surface area contributed by atoms with Crippen molar-refractivity contribution in [3.05, 3.63) is 34.3 Å². The molecule has 6 nitrogen and oxygen atoms in total. The van der Waals surface area contributed by atoms with Crippen molar-refractivity contribution >= 4 is 32.1 Å². The highest BCUT2D eigenvalue weighted by Crippen LogP contribution is 2.17. The molecule has 1 aromatic rings. The molecule has 0 radical (unpaired) electrons. The van der Waals surface area contributed by atoms with Crippen LogP contribution in [0.2, 0.25) is 0 Å². The minimum Gasteiger partial charge on any atom is -0.481 e. The van der Waals surface area contributed by atoms with E-state index < -0.39 is 22.2 Å². The number of carbonyl (C=O) groups is 1. The van der Waals surface area contributed by atoms with E-state index in [2.05, 4.69) is 20.7 Å². The molecule has 0 aliphatic carbocycles. The minimum absolute atomic E-state index is 0.0717. The van der Waals surface area contributed by atoms with Gasteiger partial charge in [-0.3, -0.25) is 4.79 Å². The summed E-state index contributed by atoms with van der Waals surface area (Å²) < 4.78 is 28.4. The summed E-state index contributed by atoms with van der Waals surface area (Å²) in [5.74, 6) is -1.03. The Morgan fingerprint density at radius 1 is 1.40 bits per heavy atom. The van der Waals surface area contributed by atoms with Gasteiger partial charge in [0.25, 0.3) is 10.2 Å². The zero-order chi connectivity index (χ0) is 15.3. The third kappa shape index (κ3) is 5.20. The van der Waals surface area contributed by atoms with Gasteiger partial charge in [-0.2, -0.15) is 17.4 Å². The van der Waals surface area contributed by atoms with E-state index in [1.807, 2.05) is 24.3 Å². The van der Waals surface area contributed by atoms with E-state index in [-0.39, 0.29) is 13.0 Å². The van der Waals surface area contributed by atoms with Crippen molar-refractivity contribution < 1.29 is 18.3 Å². The third-order valence-corrected chi connectivity index (χ3v) is 4.93. The fraction of sp³-hybridized carbons (Fsp3) is 0.417. The highest BCUT2D eigenvalue weighted by atomic mass is 79.9. The lowest BCUT2D eigenvalue weighted by molar-refractivity contribution is -0.137. The molecule has 0 aromatic heterocycles. The van der Waals surface area contributed by atoms with E-state index in [1.54, 1.807) is 6.92 Å². The standard InChI is InChI=1S/C12H17BrN2O4S/c1-9(10-3-5-11(13)6-4-10)14-20(18,19)15(2)8-7-12(16)17/h3-6,9,14H,7-8H2,1-2H3,(H,16,17)/t9-/m0/s1. The normalized spacial score (nSPS) is 13.4. The predicted octanol–water partition coefficient (Wildman–Crippen LogP) is 1.75. The number of carboxylic acid groups (broad SMARTS) is 1. The molecular formula is C12H17BrN2O4S. The van der Waals surface area contributed by atoms with Crippen LogP contribution >= 0.6 is 15.9 Å². The van der Waals surface area contributed by atoms with Gasteiger partial charge in [0.05, 0.1) is 6.42 Å². The van der Waals surface area contributed by atoms with Crippen LogP contribution in [0.4, 0.5) is 0 Å². The Balaban J connectivity index is 2.69. The number of nitrogens with zero attached hydrogens (tertiary/aromatic N) is 1. The highest BCUT2D eigenvalue weighted by Gasteiger charge is 2.21. The van der Waals surface area contributed by atoms with Crippen LogP contribution in [0, 0.1) is 0 Å². The molecule has 0 saturated heterocycles. The summed E-state index contributed by atoms with van der Waals surface area (Å²) in [6.07, 6.45) is -0.232. The molecule has 0 spiro atoms. The molecule has 2 N–H and O–H groups in total. The number of hydrogen-bond acceptors (Lipinski definition) is 3. The monoisotopic (exact) mass is 364 g/mol. The van der Waals surface area contributed by atoms with Gasteiger partial charge < -0.3 is 5.11 Å². The SMILES string of the molecule is C[C@H](NS(=O)(=O)N(C)CCC(=O)O)c1ccc(Br)cc1. The first kappa shape index (κ1) is 17.1. The molecule has 0 heterocycles. The molecule has 0 fully saturated rings. The fourth-order valence-electron chi connectivity index (χ4n) is 1.51. The summed E-state index contributed by atoms with van der Waals surface area (Å²) in [5.41, 5.74) is 0.823. The summed E-state index contributed by atoms with van der Waals surface area (Å²) in [5, 5.41) is 8.57. The molecule has 0 amide bonds. The van der Waals surface area contributed by atoms with Gasteiger partial charge in [-0.05, 0) is 24.6 Å². The molecule has 20 heavy (non-hydrogen) atoms. The van der Waals surface area contributed by atoms with Crippen LogP contribution in [0.15, 0.2) is 28.7 Å². The lowest BCUT2D eigenvalue weighted by atomic mass is 10.1. The second kappa shape index (κ2) is 7.16. The van der Waals surface area contributed by atoms with Gasteiger partial charge in [0, 0.05) is 24.1 Å². The lowest BCUT2D eigenvalue weighted by Gasteiger charge is -2.20. The quantitative estimate of drug-likeness (QED) is 0.771. The van der Waals surface area contributed by atoms with Gasteiger partial charge in [0.2, 0.25) is 0 Å². The van der Waals surface area contributed by atoms with Crippen LogP contribution in [-0.2, 0) is 15.0 Å². The van der Waals surface area contributed by atoms with Crippen LogP contribution < -0.4 is 4.72 Å². The summed E-state index contributed by atoms with van der Waals surface area (Å²) in [4.78, 5) is 10.5. The number of hydrogen-bond donors (Lipinski definition) is 2. The van der Waals surface area contributed by atoms with Gasteiger partial charge in [-0.15, -0.1) is 0 Å². The smallest absolute Gasteiger partial charge is 0.304 e. The Labute approximate surface area is 127 Å². The van der Waals surface area contributed by atoms with Crippen molar-refractivity contribution in [3.8, 4) is 0 Å². The zero-order valence-corrected chi connectivity index (χ0v) is 13.6. The molecule has 0 aliphatic rings. The van der Waals surface area contributed by atoms with Crippen LogP contribution in [0.25, 0.3) is 0 Å². The van der Waals surface area contributed by atoms with Crippen molar-refractivity contribution in [1.29, 1.82) is 0 Å². The van der Waals surface area contributed by atoms with Crippen LogP contribution in [-0.4, -0.2) is 37.4 Å². The van der Waals surface area contributed by atoms with E-state index >= 15 is 0 Å². The summed E-state index contributed by atoms with van der Waals surface area (Å²) in [6.45, 7) is 1.66. The summed E-state index contributed by atoms with van der Waals surface area (Å²) in [6, 6.07) is 6.88. The fourth-order valence-corrected chi connectivity index (χ4v) is 2.86. The average Bonchev–Trinajstić information content (AvgIpc) is 2.35. The van der Waals surface area contributed by atoms with E-state index in [0.717, 1.165) is 14.3 Å². The van der Waals surface area contributed by atoms with E-state index in [9.17, 15) is 13.2 Å². The minimum atomic E-state index is -3.71. The summed E-state index contributed by atoms with van der Waals surface area (Å²) in [7, 11) is -2.36. The predicted molar refractivity (Wildman–Crippen MR) is 79.5 cm³/mol. The van der Waals surface area contributed by atoms with Crippen molar-refractivity contribution in [2.75, 3.05) is 13.6 Å². The Morgan fingerprint density at radius 2 is 1.95 bits per heavy atom. The number of nitrogens with one attached hydrogen (secondary N) is 1. The van der Waals surface area contributed by atoms with Crippen LogP contribution in [0.1, 0.15) is 24.9 Å². The maximum atomic E-state index is 12.0. The van der Waals surface area contributed by atoms with Crippen molar-refractivity contribution in [3.63, 3.8) is 0 Å². The second-order valence-electron chi connectivity index (χ2n) is 4.36. The van der Waals surface area contributed by atoms with E-state index in [4.69, 9.17) is 5.11 Å². The molecule has 8 heteroatoms. The van der Waals surface area contributed by atoms with E-state index in [0.29, 0.717) is 0 Å². The average molecular weight is 365 g/mol. The largest absolute Gasteiger partial charge is 0.481 e. The zero-order valence-electron chi connectivity index (χ0n) is 11.2. The maximum absolute atomic E-state index is 12.0. The molecule has 0 bridgehead atoms. The Hall–Kier alpha value is -0.960. The Kier molecular flexibility index (Phi) is 6.12. The third-order valence-electron chi connectivity index (χ3n) is 2.75. The molecule has 0 aliphatic heterocycles. The summed E-state index contributed by atoms with van der Waals surface area (Å²) >= 11 is 3.31. The maximum Gasteiger partial charge on any atom is 0.304 e. The van der Waals surface area contributed by atoms with Gasteiger partial charge >= 0.3 is 5.97 Å². The Morgan fingerprint density at radius 3 is 2.45 bits per heavy atom. The molecule has 112 valence electrons. The van der Waals surface area contributed by atoms with Crippen molar-refractivity contribution in [2.24, 2.45) is 0 Å². The second-order valence-corrected chi connectivity index (χ2v) is 7.09.